The minimum Gasteiger partial charge on any atom is -0.458 e. The third-order valence-electron chi connectivity index (χ3n) is 6.17. The van der Waals surface area contributed by atoms with E-state index in [1.807, 2.05) is 60.0 Å². The molecule has 0 spiro atoms. The lowest BCUT2D eigenvalue weighted by Gasteiger charge is -2.27. The van der Waals surface area contributed by atoms with Crippen LogP contribution < -0.4 is 4.90 Å². The van der Waals surface area contributed by atoms with Crippen molar-refractivity contribution >= 4 is 34.0 Å². The number of amides is 1. The van der Waals surface area contributed by atoms with E-state index in [0.29, 0.717) is 10.8 Å². The first-order chi connectivity index (χ1) is 15.5. The van der Waals surface area contributed by atoms with Gasteiger partial charge in [0.25, 0.3) is 0 Å². The van der Waals surface area contributed by atoms with Crippen LogP contribution in [0.15, 0.2) is 60.0 Å². The number of thiazole rings is 1. The summed E-state index contributed by atoms with van der Waals surface area (Å²) in [6.07, 6.45) is 4.61. The fourth-order valence-corrected chi connectivity index (χ4v) is 5.27. The lowest BCUT2D eigenvalue weighted by molar-refractivity contribution is -0.152. The van der Waals surface area contributed by atoms with Crippen LogP contribution in [0.25, 0.3) is 0 Å². The molecule has 0 aliphatic heterocycles. The minimum absolute atomic E-state index is 0.102. The molecule has 6 heteroatoms. The molecule has 1 fully saturated rings. The van der Waals surface area contributed by atoms with Crippen LogP contribution in [0, 0.1) is 0 Å². The average Bonchev–Trinajstić information content (AvgIpc) is 3.49. The van der Waals surface area contributed by atoms with Gasteiger partial charge in [0.1, 0.15) is 6.61 Å². The smallest absolute Gasteiger partial charge is 0.316 e. The van der Waals surface area contributed by atoms with E-state index in [4.69, 9.17) is 4.74 Å². The number of hydrogen-bond donors (Lipinski definition) is 0. The molecular weight excluding hydrogens is 420 g/mol. The second kappa shape index (κ2) is 9.65. The van der Waals surface area contributed by atoms with Crippen molar-refractivity contribution < 1.29 is 14.3 Å². The summed E-state index contributed by atoms with van der Waals surface area (Å²) in [6, 6.07) is 17.8. The van der Waals surface area contributed by atoms with Crippen molar-refractivity contribution in [3.8, 4) is 0 Å². The molecule has 0 atom stereocenters. The van der Waals surface area contributed by atoms with Gasteiger partial charge in [0.2, 0.25) is 5.91 Å². The maximum atomic E-state index is 13.2. The molecule has 1 saturated carbocycles. The van der Waals surface area contributed by atoms with Crippen LogP contribution in [0.3, 0.4) is 0 Å². The van der Waals surface area contributed by atoms with Crippen molar-refractivity contribution in [2.45, 2.75) is 58.0 Å². The highest BCUT2D eigenvalue weighted by Gasteiger charge is 2.44. The number of ether oxygens (including phenoxy) is 1. The van der Waals surface area contributed by atoms with Crippen molar-refractivity contribution in [2.75, 3.05) is 4.90 Å². The Balaban J connectivity index is 1.48. The van der Waals surface area contributed by atoms with E-state index < -0.39 is 5.41 Å². The third-order valence-corrected chi connectivity index (χ3v) is 7.05. The van der Waals surface area contributed by atoms with Crippen molar-refractivity contribution in [2.24, 2.45) is 0 Å². The number of carbonyl (C=O) groups is 2. The summed E-state index contributed by atoms with van der Waals surface area (Å²) in [7, 11) is 0. The Hall–Kier alpha value is -2.99. The van der Waals surface area contributed by atoms with Crippen LogP contribution in [0.1, 0.15) is 56.4 Å². The number of nitrogens with zero attached hydrogens (tertiary/aromatic N) is 2. The Labute approximate surface area is 193 Å². The first kappa shape index (κ1) is 22.2. The van der Waals surface area contributed by atoms with Crippen LogP contribution in [-0.2, 0) is 32.8 Å². The summed E-state index contributed by atoms with van der Waals surface area (Å²) in [6.45, 7) is 3.72. The Morgan fingerprint density at radius 3 is 2.38 bits per heavy atom. The van der Waals surface area contributed by atoms with Crippen molar-refractivity contribution in [1.82, 2.24) is 4.98 Å². The Morgan fingerprint density at radius 2 is 1.75 bits per heavy atom. The van der Waals surface area contributed by atoms with Gasteiger partial charge in [0.15, 0.2) is 5.13 Å². The average molecular weight is 449 g/mol. The SMILES string of the molecule is CCc1ccc(N(C(C)=O)c2nc(COC(=O)C3(c4ccccc4)CCCC3)cs2)cc1. The van der Waals surface area contributed by atoms with E-state index in [1.165, 1.54) is 23.8 Å². The fourth-order valence-electron chi connectivity index (χ4n) is 4.40. The van der Waals surface area contributed by atoms with E-state index in [1.54, 1.807) is 4.90 Å². The van der Waals surface area contributed by atoms with Gasteiger partial charge in [-0.25, -0.2) is 4.98 Å². The maximum Gasteiger partial charge on any atom is 0.316 e. The Morgan fingerprint density at radius 1 is 1.06 bits per heavy atom. The first-order valence-electron chi connectivity index (χ1n) is 11.1. The normalized spacial score (nSPS) is 14.8. The van der Waals surface area contributed by atoms with Gasteiger partial charge in [-0.1, -0.05) is 62.2 Å². The molecule has 1 heterocycles. The van der Waals surface area contributed by atoms with Gasteiger partial charge in [0.05, 0.1) is 16.8 Å². The molecule has 1 amide bonds. The van der Waals surface area contributed by atoms with Gasteiger partial charge >= 0.3 is 5.97 Å². The van der Waals surface area contributed by atoms with Gasteiger partial charge in [-0.05, 0) is 42.5 Å². The highest BCUT2D eigenvalue weighted by molar-refractivity contribution is 7.14. The molecule has 0 unspecified atom stereocenters. The van der Waals surface area contributed by atoms with Gasteiger partial charge in [0, 0.05) is 12.3 Å². The number of benzene rings is 2. The number of aromatic nitrogens is 1. The highest BCUT2D eigenvalue weighted by atomic mass is 32.1. The number of esters is 1. The van der Waals surface area contributed by atoms with E-state index in [2.05, 4.69) is 11.9 Å². The van der Waals surface area contributed by atoms with Gasteiger partial charge in [-0.15, -0.1) is 11.3 Å². The van der Waals surface area contributed by atoms with Crippen molar-refractivity contribution in [3.05, 3.63) is 76.8 Å². The Kier molecular flexibility index (Phi) is 6.70. The standard InChI is InChI=1S/C26H28N2O3S/c1-3-20-11-13-23(14-12-20)28(19(2)29)25-27-22(18-32-25)17-31-24(30)26(15-7-8-16-26)21-9-5-4-6-10-21/h4-6,9-14,18H,3,7-8,15-17H2,1-2H3. The van der Waals surface area contributed by atoms with Crippen LogP contribution >= 0.6 is 11.3 Å². The van der Waals surface area contributed by atoms with E-state index in [9.17, 15) is 9.59 Å². The number of carbonyl (C=O) groups excluding carboxylic acids is 2. The zero-order valence-corrected chi connectivity index (χ0v) is 19.4. The second-order valence-corrected chi connectivity index (χ2v) is 9.06. The van der Waals surface area contributed by atoms with Crippen LogP contribution in [0.2, 0.25) is 0 Å². The molecule has 0 saturated heterocycles. The molecular formula is C26H28N2O3S. The first-order valence-corrected chi connectivity index (χ1v) is 12.0. The number of anilines is 2. The number of hydrogen-bond acceptors (Lipinski definition) is 5. The molecule has 0 radical (unpaired) electrons. The fraction of sp³-hybridized carbons (Fsp3) is 0.346. The largest absolute Gasteiger partial charge is 0.458 e. The molecule has 1 aromatic heterocycles. The second-order valence-electron chi connectivity index (χ2n) is 8.23. The molecule has 0 N–H and O–H groups in total. The summed E-state index contributed by atoms with van der Waals surface area (Å²) in [5.41, 5.74) is 3.10. The van der Waals surface area contributed by atoms with Gasteiger partial charge in [-0.2, -0.15) is 0 Å². The molecule has 32 heavy (non-hydrogen) atoms. The summed E-state index contributed by atoms with van der Waals surface area (Å²) >= 11 is 1.37. The Bertz CT molecular complexity index is 1070. The van der Waals surface area contributed by atoms with E-state index >= 15 is 0 Å². The molecule has 166 valence electrons. The molecule has 5 nitrogen and oxygen atoms in total. The van der Waals surface area contributed by atoms with Crippen LogP contribution in [0.4, 0.5) is 10.8 Å². The molecule has 3 aromatic rings. The topological polar surface area (TPSA) is 59.5 Å². The summed E-state index contributed by atoms with van der Waals surface area (Å²) in [5.74, 6) is -0.296. The molecule has 4 rings (SSSR count). The summed E-state index contributed by atoms with van der Waals surface area (Å²) in [5, 5.41) is 2.43. The van der Waals surface area contributed by atoms with Crippen LogP contribution in [0.5, 0.6) is 0 Å². The van der Waals surface area contributed by atoms with E-state index in [0.717, 1.165) is 43.4 Å². The number of rotatable bonds is 7. The van der Waals surface area contributed by atoms with Crippen LogP contribution in [-0.4, -0.2) is 16.9 Å². The summed E-state index contributed by atoms with van der Waals surface area (Å²) in [4.78, 5) is 31.7. The molecule has 1 aliphatic carbocycles. The van der Waals surface area contributed by atoms with Gasteiger partial charge < -0.3 is 4.74 Å². The predicted molar refractivity (Wildman–Crippen MR) is 127 cm³/mol. The maximum absolute atomic E-state index is 13.2. The molecule has 1 aliphatic rings. The lowest BCUT2D eigenvalue weighted by atomic mass is 9.79. The quantitative estimate of drug-likeness (QED) is 0.419. The lowest BCUT2D eigenvalue weighted by Crippen LogP contribution is -2.34. The van der Waals surface area contributed by atoms with E-state index in [-0.39, 0.29) is 18.5 Å². The molecule has 2 aromatic carbocycles. The zero-order chi connectivity index (χ0) is 22.6. The van der Waals surface area contributed by atoms with Crippen molar-refractivity contribution in [1.29, 1.82) is 0 Å². The minimum atomic E-state index is -0.563. The third kappa shape index (κ3) is 4.46. The summed E-state index contributed by atoms with van der Waals surface area (Å²) < 4.78 is 5.76. The highest BCUT2D eigenvalue weighted by Crippen LogP contribution is 2.42. The zero-order valence-electron chi connectivity index (χ0n) is 18.5. The van der Waals surface area contributed by atoms with Crippen molar-refractivity contribution in [3.63, 3.8) is 0 Å². The monoisotopic (exact) mass is 448 g/mol. The van der Waals surface area contributed by atoms with Gasteiger partial charge in [-0.3, -0.25) is 14.5 Å². The molecule has 0 bridgehead atoms. The predicted octanol–water partition coefficient (Wildman–Crippen LogP) is 5.95. The number of aryl methyl sites for hydroxylation is 1.